The second-order valence-corrected chi connectivity index (χ2v) is 10.1. The summed E-state index contributed by atoms with van der Waals surface area (Å²) >= 11 is 1.07. The van der Waals surface area contributed by atoms with Gasteiger partial charge in [0, 0.05) is 35.8 Å². The number of benzene rings is 1. The van der Waals surface area contributed by atoms with Gasteiger partial charge in [0.1, 0.15) is 4.21 Å². The van der Waals surface area contributed by atoms with Crippen molar-refractivity contribution >= 4 is 39.0 Å². The smallest absolute Gasteiger partial charge is 0.416 e. The SMILES string of the molecule is CCN(CC)S(=O)(=O)c1ccc(CCNC(=O)c2cc(NC(=O)OC)cc(C(F)(F)F)c2)s1. The van der Waals surface area contributed by atoms with Crippen LogP contribution in [-0.4, -0.2) is 51.5 Å². The lowest BCUT2D eigenvalue weighted by Crippen LogP contribution is -2.29. The number of carbonyl (C=O) groups is 2. The minimum atomic E-state index is -4.73. The van der Waals surface area contributed by atoms with Crippen molar-refractivity contribution in [2.45, 2.75) is 30.7 Å². The van der Waals surface area contributed by atoms with Gasteiger partial charge >= 0.3 is 12.3 Å². The Labute approximate surface area is 193 Å². The zero-order valence-corrected chi connectivity index (χ0v) is 19.8. The maximum Gasteiger partial charge on any atom is 0.416 e. The van der Waals surface area contributed by atoms with Crippen molar-refractivity contribution in [1.82, 2.24) is 9.62 Å². The van der Waals surface area contributed by atoms with Crippen LogP contribution < -0.4 is 10.6 Å². The van der Waals surface area contributed by atoms with Gasteiger partial charge in [0.25, 0.3) is 15.9 Å². The third kappa shape index (κ3) is 6.92. The topological polar surface area (TPSA) is 105 Å². The van der Waals surface area contributed by atoms with Crippen molar-refractivity contribution in [1.29, 1.82) is 0 Å². The van der Waals surface area contributed by atoms with E-state index in [-0.39, 0.29) is 28.4 Å². The molecule has 1 aromatic heterocycles. The van der Waals surface area contributed by atoms with Crippen LogP contribution in [-0.2, 0) is 27.4 Å². The molecule has 0 saturated carbocycles. The van der Waals surface area contributed by atoms with Crippen molar-refractivity contribution in [2.75, 3.05) is 32.1 Å². The molecular weight excluding hydrogens is 483 g/mol. The van der Waals surface area contributed by atoms with E-state index in [1.165, 1.54) is 10.4 Å². The first-order chi connectivity index (χ1) is 15.4. The van der Waals surface area contributed by atoms with E-state index in [9.17, 15) is 31.2 Å². The molecule has 33 heavy (non-hydrogen) atoms. The highest BCUT2D eigenvalue weighted by Gasteiger charge is 2.32. The predicted octanol–water partition coefficient (Wildman–Crippen LogP) is 3.95. The minimum absolute atomic E-state index is 0.0696. The van der Waals surface area contributed by atoms with E-state index in [2.05, 4.69) is 15.4 Å². The number of nitrogens with zero attached hydrogens (tertiary/aromatic N) is 1. The fourth-order valence-corrected chi connectivity index (χ4v) is 5.85. The average Bonchev–Trinajstić information content (AvgIpc) is 3.23. The standard InChI is InChI=1S/C20H24F3N3O5S2/c1-4-26(5-2)33(29,30)17-7-6-16(32-17)8-9-24-18(27)13-10-14(20(21,22)23)12-15(11-13)25-19(28)31-3/h6-7,10-12H,4-5,8-9H2,1-3H3,(H,24,27)(H,25,28). The van der Waals surface area contributed by atoms with E-state index in [1.54, 1.807) is 19.9 Å². The van der Waals surface area contributed by atoms with Crippen LogP contribution in [0.25, 0.3) is 0 Å². The van der Waals surface area contributed by atoms with Crippen LogP contribution in [0.3, 0.4) is 0 Å². The summed E-state index contributed by atoms with van der Waals surface area (Å²) in [7, 11) is -2.53. The lowest BCUT2D eigenvalue weighted by atomic mass is 10.1. The van der Waals surface area contributed by atoms with Crippen LogP contribution in [0.1, 0.15) is 34.6 Å². The highest BCUT2D eigenvalue weighted by molar-refractivity contribution is 7.91. The molecule has 0 saturated heterocycles. The summed E-state index contributed by atoms with van der Waals surface area (Å²) in [6.07, 6.45) is -5.42. The fourth-order valence-electron chi connectivity index (χ4n) is 2.89. The minimum Gasteiger partial charge on any atom is -0.453 e. The quantitative estimate of drug-likeness (QED) is 0.535. The van der Waals surface area contributed by atoms with Crippen LogP contribution in [0, 0.1) is 0 Å². The predicted molar refractivity (Wildman–Crippen MR) is 118 cm³/mol. The van der Waals surface area contributed by atoms with E-state index < -0.39 is 33.8 Å². The summed E-state index contributed by atoms with van der Waals surface area (Å²) in [6.45, 7) is 4.23. The van der Waals surface area contributed by atoms with Crippen LogP contribution >= 0.6 is 11.3 Å². The Morgan fingerprint density at radius 3 is 2.36 bits per heavy atom. The Morgan fingerprint density at radius 2 is 1.79 bits per heavy atom. The molecule has 13 heteroatoms. The molecule has 0 spiro atoms. The van der Waals surface area contributed by atoms with Crippen LogP contribution in [0.15, 0.2) is 34.5 Å². The molecule has 0 aliphatic carbocycles. The zero-order chi connectivity index (χ0) is 24.8. The Kier molecular flexibility index (Phi) is 8.86. The Bertz CT molecular complexity index is 1100. The number of ether oxygens (including phenoxy) is 1. The zero-order valence-electron chi connectivity index (χ0n) is 18.2. The second kappa shape index (κ2) is 11.0. The van der Waals surface area contributed by atoms with Gasteiger partial charge < -0.3 is 10.1 Å². The molecule has 8 nitrogen and oxygen atoms in total. The van der Waals surface area contributed by atoms with Gasteiger partial charge in [-0.3, -0.25) is 10.1 Å². The first kappa shape index (κ1) is 26.6. The number of sulfonamides is 1. The van der Waals surface area contributed by atoms with Gasteiger partial charge in [-0.1, -0.05) is 13.8 Å². The summed E-state index contributed by atoms with van der Waals surface area (Å²) in [5.74, 6) is -0.776. The first-order valence-corrected chi connectivity index (χ1v) is 12.1. The highest BCUT2D eigenvalue weighted by atomic mass is 32.2. The molecule has 2 rings (SSSR count). The first-order valence-electron chi connectivity index (χ1n) is 9.86. The van der Waals surface area contributed by atoms with Gasteiger partial charge in [0.05, 0.1) is 12.7 Å². The van der Waals surface area contributed by atoms with Crippen molar-refractivity contribution in [3.8, 4) is 0 Å². The van der Waals surface area contributed by atoms with Gasteiger partial charge in [-0.25, -0.2) is 13.2 Å². The molecule has 0 unspecified atom stereocenters. The third-order valence-electron chi connectivity index (χ3n) is 4.55. The number of anilines is 1. The lowest BCUT2D eigenvalue weighted by Gasteiger charge is -2.16. The molecule has 0 atom stereocenters. The Balaban J connectivity index is 2.10. The van der Waals surface area contributed by atoms with Gasteiger partial charge in [-0.05, 0) is 36.8 Å². The number of hydrogen-bond acceptors (Lipinski definition) is 6. The summed E-state index contributed by atoms with van der Waals surface area (Å²) in [5, 5.41) is 4.63. The van der Waals surface area contributed by atoms with Crippen molar-refractivity contribution in [3.63, 3.8) is 0 Å². The van der Waals surface area contributed by atoms with Crippen LogP contribution in [0.2, 0.25) is 0 Å². The average molecular weight is 508 g/mol. The molecule has 1 heterocycles. The molecule has 2 amide bonds. The van der Waals surface area contributed by atoms with Gasteiger partial charge in [-0.15, -0.1) is 11.3 Å². The van der Waals surface area contributed by atoms with E-state index >= 15 is 0 Å². The number of carbonyl (C=O) groups excluding carboxylic acids is 2. The number of amides is 2. The molecular formula is C20H24F3N3O5S2. The lowest BCUT2D eigenvalue weighted by molar-refractivity contribution is -0.137. The Hall–Kier alpha value is -2.64. The number of rotatable bonds is 9. The molecule has 0 aliphatic heterocycles. The number of alkyl halides is 3. The van der Waals surface area contributed by atoms with Gasteiger partial charge in [0.2, 0.25) is 0 Å². The van der Waals surface area contributed by atoms with Crippen molar-refractivity contribution in [2.24, 2.45) is 0 Å². The fraction of sp³-hybridized carbons (Fsp3) is 0.400. The molecule has 1 aromatic carbocycles. The van der Waals surface area contributed by atoms with E-state index in [0.717, 1.165) is 24.5 Å². The number of hydrogen-bond donors (Lipinski definition) is 2. The molecule has 2 N–H and O–H groups in total. The van der Waals surface area contributed by atoms with Crippen LogP contribution in [0.5, 0.6) is 0 Å². The van der Waals surface area contributed by atoms with Crippen molar-refractivity contribution in [3.05, 3.63) is 46.3 Å². The molecule has 0 aliphatic rings. The number of nitrogens with one attached hydrogen (secondary N) is 2. The number of halogens is 3. The van der Waals surface area contributed by atoms with E-state index in [4.69, 9.17) is 0 Å². The number of methoxy groups -OCH3 is 1. The molecule has 0 fully saturated rings. The summed E-state index contributed by atoms with van der Waals surface area (Å²) in [4.78, 5) is 24.5. The third-order valence-corrected chi connectivity index (χ3v) is 8.21. The molecule has 182 valence electrons. The largest absolute Gasteiger partial charge is 0.453 e. The molecule has 0 bridgehead atoms. The normalized spacial score (nSPS) is 12.0. The van der Waals surface area contributed by atoms with E-state index in [1.807, 2.05) is 0 Å². The van der Waals surface area contributed by atoms with Gasteiger partial charge in [-0.2, -0.15) is 17.5 Å². The number of thiophene rings is 1. The molecule has 0 radical (unpaired) electrons. The highest BCUT2D eigenvalue weighted by Crippen LogP contribution is 2.32. The summed E-state index contributed by atoms with van der Waals surface area (Å²) in [5.41, 5.74) is -1.65. The molecule has 2 aromatic rings. The maximum absolute atomic E-state index is 13.2. The monoisotopic (exact) mass is 507 g/mol. The Morgan fingerprint density at radius 1 is 1.12 bits per heavy atom. The summed E-state index contributed by atoms with van der Waals surface area (Å²) in [6, 6.07) is 5.60. The second-order valence-electron chi connectivity index (χ2n) is 6.73. The van der Waals surface area contributed by atoms with Crippen LogP contribution in [0.4, 0.5) is 23.7 Å². The summed E-state index contributed by atoms with van der Waals surface area (Å²) < 4.78 is 70.5. The van der Waals surface area contributed by atoms with E-state index in [0.29, 0.717) is 30.1 Å². The van der Waals surface area contributed by atoms with Gasteiger partial charge in [0.15, 0.2) is 0 Å². The maximum atomic E-state index is 13.2. The van der Waals surface area contributed by atoms with Crippen molar-refractivity contribution < 1.29 is 35.9 Å².